The Labute approximate surface area is 155 Å². The summed E-state index contributed by atoms with van der Waals surface area (Å²) in [5, 5.41) is 13.3. The lowest BCUT2D eigenvalue weighted by atomic mass is 10.1. The first-order valence-corrected chi connectivity index (χ1v) is 9.07. The number of rotatable bonds is 7. The smallest absolute Gasteiger partial charge is 0.395 e. The average Bonchev–Trinajstić information content (AvgIpc) is 2.96. The number of aromatic amines is 1. The Morgan fingerprint density at radius 2 is 2.08 bits per heavy atom. The molecule has 0 radical (unpaired) electrons. The van der Waals surface area contributed by atoms with Crippen LogP contribution < -0.4 is 15.8 Å². The number of aliphatic hydroxyl groups excluding tert-OH is 1. The van der Waals surface area contributed by atoms with Crippen LogP contribution in [0.1, 0.15) is 12.5 Å². The van der Waals surface area contributed by atoms with Crippen LogP contribution in [0.4, 0.5) is 4.79 Å². The van der Waals surface area contributed by atoms with Crippen molar-refractivity contribution in [1.29, 1.82) is 0 Å². The third-order valence-corrected chi connectivity index (χ3v) is 4.99. The minimum Gasteiger partial charge on any atom is -0.395 e. The second kappa shape index (κ2) is 8.27. The molecule has 0 aliphatic heterocycles. The average molecular weight is 371 g/mol. The number of carbonyl (C=O) groups is 1. The van der Waals surface area contributed by atoms with Crippen molar-refractivity contribution in [2.75, 3.05) is 6.61 Å². The summed E-state index contributed by atoms with van der Waals surface area (Å²) in [5.74, 6) is 0.343. The molecular weight excluding hydrogens is 350 g/mol. The molecule has 1 amide bonds. The van der Waals surface area contributed by atoms with E-state index in [-0.39, 0.29) is 12.6 Å². The van der Waals surface area contributed by atoms with Crippen LogP contribution in [0.3, 0.4) is 0 Å². The van der Waals surface area contributed by atoms with Crippen LogP contribution in [0.25, 0.3) is 10.9 Å². The number of hydrogen-bond acceptors (Lipinski definition) is 5. The topological polar surface area (TPSA) is 100 Å². The number of benzene rings is 2. The zero-order valence-electron chi connectivity index (χ0n) is 14.4. The normalized spacial score (nSPS) is 12.2. The summed E-state index contributed by atoms with van der Waals surface area (Å²) in [6, 6.07) is 15.8. The molecular formula is C19H21N3O3S. The van der Waals surface area contributed by atoms with Crippen LogP contribution in [0, 0.1) is 0 Å². The molecule has 136 valence electrons. The molecule has 0 aliphatic carbocycles. The molecule has 5 N–H and O–H groups in total. The SMILES string of the molecule is CC(CO)NCc1ccc2[nH]c(OC(N)=O)c(Sc3ccccc3)c2c1. The van der Waals surface area contributed by atoms with E-state index in [9.17, 15) is 4.79 Å². The van der Waals surface area contributed by atoms with E-state index < -0.39 is 6.09 Å². The maximum Gasteiger partial charge on any atom is 0.411 e. The van der Waals surface area contributed by atoms with Gasteiger partial charge in [-0.25, -0.2) is 4.79 Å². The van der Waals surface area contributed by atoms with Crippen molar-refractivity contribution in [3.05, 3.63) is 54.1 Å². The number of amides is 1. The van der Waals surface area contributed by atoms with Crippen molar-refractivity contribution in [2.45, 2.75) is 29.3 Å². The fourth-order valence-corrected chi connectivity index (χ4v) is 3.53. The second-order valence-corrected chi connectivity index (χ2v) is 7.05. The number of fused-ring (bicyclic) bond motifs is 1. The van der Waals surface area contributed by atoms with Gasteiger partial charge in [-0.1, -0.05) is 36.0 Å². The van der Waals surface area contributed by atoms with Crippen LogP contribution in [-0.2, 0) is 6.54 Å². The van der Waals surface area contributed by atoms with Gasteiger partial charge in [-0.15, -0.1) is 0 Å². The highest BCUT2D eigenvalue weighted by atomic mass is 32.2. The number of H-pyrrole nitrogens is 1. The van der Waals surface area contributed by atoms with Gasteiger partial charge in [0.15, 0.2) is 0 Å². The van der Waals surface area contributed by atoms with Crippen LogP contribution in [0.15, 0.2) is 58.3 Å². The van der Waals surface area contributed by atoms with Crippen molar-refractivity contribution in [2.24, 2.45) is 5.73 Å². The molecule has 1 heterocycles. The van der Waals surface area contributed by atoms with E-state index in [2.05, 4.69) is 10.3 Å². The first-order valence-electron chi connectivity index (χ1n) is 8.26. The Balaban J connectivity index is 1.97. The first-order chi connectivity index (χ1) is 12.6. The molecule has 3 aromatic rings. The predicted octanol–water partition coefficient (Wildman–Crippen LogP) is 3.25. The lowest BCUT2D eigenvalue weighted by Gasteiger charge is -2.10. The van der Waals surface area contributed by atoms with E-state index in [4.69, 9.17) is 15.6 Å². The maximum atomic E-state index is 11.3. The monoisotopic (exact) mass is 371 g/mol. The Kier molecular flexibility index (Phi) is 5.82. The Bertz CT molecular complexity index is 896. The van der Waals surface area contributed by atoms with E-state index in [1.54, 1.807) is 0 Å². The molecule has 0 spiro atoms. The summed E-state index contributed by atoms with van der Waals surface area (Å²) < 4.78 is 5.17. The van der Waals surface area contributed by atoms with Gasteiger partial charge in [0, 0.05) is 28.4 Å². The largest absolute Gasteiger partial charge is 0.411 e. The van der Waals surface area contributed by atoms with Gasteiger partial charge in [0.1, 0.15) is 0 Å². The lowest BCUT2D eigenvalue weighted by molar-refractivity contribution is 0.208. The number of primary amides is 1. The van der Waals surface area contributed by atoms with Crippen LogP contribution in [0.5, 0.6) is 5.88 Å². The number of nitrogens with two attached hydrogens (primary N) is 1. The van der Waals surface area contributed by atoms with Gasteiger partial charge in [0.2, 0.25) is 5.88 Å². The Hall–Kier alpha value is -2.48. The number of carbonyl (C=O) groups excluding carboxylic acids is 1. The molecule has 1 atom stereocenters. The van der Waals surface area contributed by atoms with E-state index in [1.165, 1.54) is 11.8 Å². The van der Waals surface area contributed by atoms with Gasteiger partial charge < -0.3 is 25.9 Å². The van der Waals surface area contributed by atoms with E-state index >= 15 is 0 Å². The Morgan fingerprint density at radius 3 is 2.77 bits per heavy atom. The van der Waals surface area contributed by atoms with E-state index in [0.717, 1.165) is 26.3 Å². The highest BCUT2D eigenvalue weighted by Crippen LogP contribution is 2.41. The third-order valence-electron chi connectivity index (χ3n) is 3.88. The molecule has 1 unspecified atom stereocenters. The van der Waals surface area contributed by atoms with Gasteiger partial charge in [-0.3, -0.25) is 0 Å². The number of ether oxygens (including phenoxy) is 1. The number of aliphatic hydroxyl groups is 1. The quantitative estimate of drug-likeness (QED) is 0.511. The van der Waals surface area contributed by atoms with E-state index in [0.29, 0.717) is 12.4 Å². The zero-order chi connectivity index (χ0) is 18.5. The van der Waals surface area contributed by atoms with Crippen LogP contribution in [0.2, 0.25) is 0 Å². The lowest BCUT2D eigenvalue weighted by Crippen LogP contribution is -2.28. The van der Waals surface area contributed by atoms with Gasteiger partial charge in [0.25, 0.3) is 0 Å². The first kappa shape index (κ1) is 18.3. The fourth-order valence-electron chi connectivity index (χ4n) is 2.54. The number of nitrogens with one attached hydrogen (secondary N) is 2. The van der Waals surface area contributed by atoms with Gasteiger partial charge >= 0.3 is 6.09 Å². The molecule has 2 aromatic carbocycles. The summed E-state index contributed by atoms with van der Waals surface area (Å²) in [7, 11) is 0. The van der Waals surface area contributed by atoms with Gasteiger partial charge in [0.05, 0.1) is 11.5 Å². The minimum absolute atomic E-state index is 0.0174. The van der Waals surface area contributed by atoms with Crippen molar-refractivity contribution in [3.63, 3.8) is 0 Å². The van der Waals surface area contributed by atoms with Crippen molar-refractivity contribution >= 4 is 28.8 Å². The molecule has 0 saturated heterocycles. The minimum atomic E-state index is -0.856. The van der Waals surface area contributed by atoms with Gasteiger partial charge in [-0.05, 0) is 36.8 Å². The van der Waals surface area contributed by atoms with Crippen molar-refractivity contribution < 1.29 is 14.6 Å². The fraction of sp³-hybridized carbons (Fsp3) is 0.211. The molecule has 3 rings (SSSR count). The summed E-state index contributed by atoms with van der Waals surface area (Å²) in [6.45, 7) is 2.63. The summed E-state index contributed by atoms with van der Waals surface area (Å²) in [6.07, 6.45) is -0.856. The summed E-state index contributed by atoms with van der Waals surface area (Å²) in [4.78, 5) is 16.2. The Morgan fingerprint density at radius 1 is 1.31 bits per heavy atom. The molecule has 26 heavy (non-hydrogen) atoms. The number of hydrogen-bond donors (Lipinski definition) is 4. The van der Waals surface area contributed by atoms with Crippen LogP contribution in [-0.4, -0.2) is 28.8 Å². The van der Waals surface area contributed by atoms with Crippen molar-refractivity contribution in [1.82, 2.24) is 10.3 Å². The van der Waals surface area contributed by atoms with Gasteiger partial charge in [-0.2, -0.15) is 0 Å². The molecule has 0 saturated carbocycles. The third kappa shape index (κ3) is 4.37. The van der Waals surface area contributed by atoms with Crippen molar-refractivity contribution in [3.8, 4) is 5.88 Å². The molecule has 1 aromatic heterocycles. The predicted molar refractivity (Wildman–Crippen MR) is 102 cm³/mol. The second-order valence-electron chi connectivity index (χ2n) is 5.96. The summed E-state index contributed by atoms with van der Waals surface area (Å²) in [5.41, 5.74) is 7.14. The maximum absolute atomic E-state index is 11.3. The molecule has 0 aliphatic rings. The standard InChI is InChI=1S/C19H21N3O3S/c1-12(11-23)21-10-13-7-8-16-15(9-13)17(18(22-16)25-19(20)24)26-14-5-3-2-4-6-14/h2-9,12,21-23H,10-11H2,1H3,(H2,20,24). The van der Waals surface area contributed by atoms with E-state index in [1.807, 2.05) is 55.5 Å². The molecule has 0 fully saturated rings. The summed E-state index contributed by atoms with van der Waals surface area (Å²) >= 11 is 1.51. The highest BCUT2D eigenvalue weighted by molar-refractivity contribution is 7.99. The molecule has 7 heteroatoms. The van der Waals surface area contributed by atoms with Crippen LogP contribution >= 0.6 is 11.8 Å². The molecule has 0 bridgehead atoms. The number of aromatic nitrogens is 1. The molecule has 6 nitrogen and oxygen atoms in total. The zero-order valence-corrected chi connectivity index (χ0v) is 15.2. The highest BCUT2D eigenvalue weighted by Gasteiger charge is 2.17.